The second-order valence-corrected chi connectivity index (χ2v) is 16.7. The first kappa shape index (κ1) is 40.0. The average Bonchev–Trinajstić information content (AvgIpc) is 3.77. The van der Waals surface area contributed by atoms with E-state index in [1.807, 2.05) is 41.5 Å². The fraction of sp³-hybridized carbons (Fsp3) is 0.861. The van der Waals surface area contributed by atoms with Crippen LogP contribution in [0.25, 0.3) is 0 Å². The quantitative estimate of drug-likeness (QED) is 0.296. The Bertz CT molecular complexity index is 1310. The third-order valence-corrected chi connectivity index (χ3v) is 11.8. The van der Waals surface area contributed by atoms with Crippen molar-refractivity contribution < 1.29 is 42.9 Å². The smallest absolute Gasteiger partial charge is 0.228 e. The van der Waals surface area contributed by atoms with Gasteiger partial charge in [-0.25, -0.2) is 0 Å². The molecule has 14 nitrogen and oxygen atoms in total. The molecular formula is C36H61N5O9. The van der Waals surface area contributed by atoms with Gasteiger partial charge < -0.3 is 44.3 Å². The summed E-state index contributed by atoms with van der Waals surface area (Å²) in [6.07, 6.45) is 1.63. The summed E-state index contributed by atoms with van der Waals surface area (Å²) in [6.45, 7) is 13.4. The monoisotopic (exact) mass is 707 g/mol. The van der Waals surface area contributed by atoms with Gasteiger partial charge >= 0.3 is 0 Å². The van der Waals surface area contributed by atoms with E-state index >= 15 is 0 Å². The number of ether oxygens (including phenoxy) is 4. The first-order chi connectivity index (χ1) is 23.3. The van der Waals surface area contributed by atoms with Crippen molar-refractivity contribution in [2.24, 2.45) is 35.3 Å². The lowest BCUT2D eigenvalue weighted by Crippen LogP contribution is -2.51. The number of nitrogens with zero attached hydrogens (tertiary/aromatic N) is 4. The molecule has 4 heterocycles. The first-order valence-electron chi connectivity index (χ1n) is 17.8. The van der Waals surface area contributed by atoms with Gasteiger partial charge in [-0.3, -0.25) is 24.0 Å². The summed E-state index contributed by atoms with van der Waals surface area (Å²) in [6, 6.07) is 0. The van der Waals surface area contributed by atoms with Crippen molar-refractivity contribution >= 4 is 29.5 Å². The Balaban J connectivity index is 1.57. The van der Waals surface area contributed by atoms with E-state index in [-0.39, 0.29) is 75.5 Å². The molecule has 0 unspecified atom stereocenters. The second-order valence-electron chi connectivity index (χ2n) is 16.7. The highest BCUT2D eigenvalue weighted by atomic mass is 16.5. The number of rotatable bonds is 13. The first-order valence-corrected chi connectivity index (χ1v) is 17.8. The fourth-order valence-corrected chi connectivity index (χ4v) is 9.46. The van der Waals surface area contributed by atoms with Gasteiger partial charge in [0.1, 0.15) is 0 Å². The molecule has 4 saturated heterocycles. The molecule has 0 aromatic heterocycles. The summed E-state index contributed by atoms with van der Waals surface area (Å²) in [5, 5.41) is 0. The van der Waals surface area contributed by atoms with E-state index in [1.165, 1.54) is 0 Å². The molecule has 284 valence electrons. The molecule has 0 bridgehead atoms. The molecule has 4 fully saturated rings. The molecule has 2 N–H and O–H groups in total. The molecule has 8 atom stereocenters. The predicted octanol–water partition coefficient (Wildman–Crippen LogP) is 1.14. The normalized spacial score (nSPS) is 35.8. The molecule has 0 aromatic carbocycles. The highest BCUT2D eigenvalue weighted by Crippen LogP contribution is 2.44. The number of carbonyl (C=O) groups is 5. The van der Waals surface area contributed by atoms with Crippen LogP contribution in [0.5, 0.6) is 0 Å². The van der Waals surface area contributed by atoms with Gasteiger partial charge in [-0.2, -0.15) is 0 Å². The average molecular weight is 708 g/mol. The van der Waals surface area contributed by atoms with E-state index in [0.29, 0.717) is 32.3 Å². The van der Waals surface area contributed by atoms with Gasteiger partial charge in [0, 0.05) is 60.5 Å². The molecule has 0 saturated carbocycles. The molecule has 4 aliphatic rings. The van der Waals surface area contributed by atoms with Gasteiger partial charge in [0.2, 0.25) is 29.5 Å². The molecule has 0 aliphatic carbocycles. The van der Waals surface area contributed by atoms with Crippen LogP contribution in [0, 0.1) is 29.6 Å². The molecule has 4 rings (SSSR count). The van der Waals surface area contributed by atoms with Crippen molar-refractivity contribution in [3.8, 4) is 0 Å². The van der Waals surface area contributed by atoms with Crippen LogP contribution in [0.4, 0.5) is 0 Å². The van der Waals surface area contributed by atoms with Gasteiger partial charge in [0.25, 0.3) is 0 Å². The van der Waals surface area contributed by atoms with Crippen molar-refractivity contribution in [3.05, 3.63) is 0 Å². The van der Waals surface area contributed by atoms with E-state index in [4.69, 9.17) is 24.7 Å². The predicted molar refractivity (Wildman–Crippen MR) is 184 cm³/mol. The molecule has 4 aliphatic heterocycles. The molecule has 14 heteroatoms. The third kappa shape index (κ3) is 7.40. The number of likely N-dealkylation sites (tertiary alicyclic amines) is 4. The van der Waals surface area contributed by atoms with E-state index in [1.54, 1.807) is 48.0 Å². The Labute approximate surface area is 297 Å². The summed E-state index contributed by atoms with van der Waals surface area (Å²) >= 11 is 0. The zero-order chi connectivity index (χ0) is 37.4. The number of primary amides is 1. The summed E-state index contributed by atoms with van der Waals surface area (Å²) in [5.41, 5.74) is 2.81. The Hall–Kier alpha value is -2.81. The lowest BCUT2D eigenvalue weighted by molar-refractivity contribution is -0.142. The van der Waals surface area contributed by atoms with Crippen molar-refractivity contribution in [2.45, 2.75) is 89.4 Å². The summed E-state index contributed by atoms with van der Waals surface area (Å²) < 4.78 is 22.2. The largest absolute Gasteiger partial charge is 0.382 e. The molecule has 0 radical (unpaired) electrons. The summed E-state index contributed by atoms with van der Waals surface area (Å²) in [7, 11) is 6.33. The van der Waals surface area contributed by atoms with Crippen LogP contribution in [0.1, 0.15) is 67.2 Å². The van der Waals surface area contributed by atoms with Crippen LogP contribution in [-0.2, 0) is 42.9 Å². The van der Waals surface area contributed by atoms with E-state index in [9.17, 15) is 24.0 Å². The molecule has 5 amide bonds. The van der Waals surface area contributed by atoms with Crippen molar-refractivity contribution in [1.29, 1.82) is 0 Å². The lowest BCUT2D eigenvalue weighted by Gasteiger charge is -2.36. The van der Waals surface area contributed by atoms with Crippen LogP contribution in [-0.4, -0.2) is 152 Å². The number of amides is 5. The number of methoxy groups -OCH3 is 4. The van der Waals surface area contributed by atoms with Crippen LogP contribution >= 0.6 is 0 Å². The maximum atomic E-state index is 14.6. The lowest BCUT2D eigenvalue weighted by atomic mass is 9.90. The number of nitrogens with two attached hydrogens (primary N) is 1. The maximum absolute atomic E-state index is 14.6. The van der Waals surface area contributed by atoms with Crippen LogP contribution in [0.2, 0.25) is 0 Å². The van der Waals surface area contributed by atoms with Crippen LogP contribution in [0.3, 0.4) is 0 Å². The summed E-state index contributed by atoms with van der Waals surface area (Å²) in [5.74, 6) is -3.07. The second kappa shape index (κ2) is 15.0. The minimum atomic E-state index is -0.771. The Morgan fingerprint density at radius 1 is 0.540 bits per heavy atom. The van der Waals surface area contributed by atoms with Crippen molar-refractivity contribution in [3.63, 3.8) is 0 Å². The zero-order valence-corrected chi connectivity index (χ0v) is 31.9. The molecule has 0 aromatic rings. The van der Waals surface area contributed by atoms with Crippen LogP contribution < -0.4 is 5.73 Å². The molecule has 50 heavy (non-hydrogen) atoms. The number of carbonyl (C=O) groups excluding carboxylic acids is 5. The minimum absolute atomic E-state index is 0.0221. The Morgan fingerprint density at radius 2 is 0.800 bits per heavy atom. The fourth-order valence-electron chi connectivity index (χ4n) is 9.46. The number of hydrogen-bond donors (Lipinski definition) is 1. The summed E-state index contributed by atoms with van der Waals surface area (Å²) in [4.78, 5) is 75.7. The topological polar surface area (TPSA) is 161 Å². The Kier molecular flexibility index (Phi) is 12.0. The third-order valence-electron chi connectivity index (χ3n) is 11.8. The van der Waals surface area contributed by atoms with Gasteiger partial charge in [0.05, 0.1) is 72.3 Å². The standard InChI is InChI=1S/C36H61N5O9/c1-23(2)29(43)38-16-25(12-34(38,4)20-48-8)31(45)40-18-27(14-36(40,6)22-50-10)32(46)41-17-26(13-35(41,5)21-49-9)30(44)39-15-24(28(37)42)11-33(39,3)19-47-7/h23-27H,11-22H2,1-10H3,(H2,37,42)/t24-,25-,26-,27-,33-,34-,35-,36-/m0/s1. The minimum Gasteiger partial charge on any atom is -0.382 e. The van der Waals surface area contributed by atoms with Crippen LogP contribution in [0.15, 0.2) is 0 Å². The number of hydrogen-bond acceptors (Lipinski definition) is 9. The molecule has 0 spiro atoms. The van der Waals surface area contributed by atoms with Gasteiger partial charge in [-0.15, -0.1) is 0 Å². The molecular weight excluding hydrogens is 646 g/mol. The van der Waals surface area contributed by atoms with E-state index in [0.717, 1.165) is 0 Å². The Morgan fingerprint density at radius 3 is 1.08 bits per heavy atom. The van der Waals surface area contributed by atoms with Crippen molar-refractivity contribution in [2.75, 3.05) is 81.0 Å². The zero-order valence-electron chi connectivity index (χ0n) is 31.9. The SMILES string of the molecule is COC[C@]1(C)C[C@H](C(=O)N2C[C@@H](C(=O)N3C[C@@H](C(=O)N4C[C@@H](C(N)=O)C[C@@]4(C)COC)C[C@@]3(C)COC)C[C@@]2(C)COC)CN1C(=O)C(C)C. The maximum Gasteiger partial charge on any atom is 0.228 e. The highest BCUT2D eigenvalue weighted by Gasteiger charge is 2.57. The van der Waals surface area contributed by atoms with Gasteiger partial charge in [0.15, 0.2) is 0 Å². The van der Waals surface area contributed by atoms with E-state index in [2.05, 4.69) is 0 Å². The van der Waals surface area contributed by atoms with E-state index < -0.39 is 51.7 Å². The highest BCUT2D eigenvalue weighted by molar-refractivity contribution is 5.88. The van der Waals surface area contributed by atoms with Gasteiger partial charge in [-0.05, 0) is 53.4 Å². The van der Waals surface area contributed by atoms with Gasteiger partial charge in [-0.1, -0.05) is 13.8 Å². The van der Waals surface area contributed by atoms with Crippen molar-refractivity contribution in [1.82, 2.24) is 19.6 Å².